The summed E-state index contributed by atoms with van der Waals surface area (Å²) in [7, 11) is 0. The lowest BCUT2D eigenvalue weighted by molar-refractivity contribution is 0.296. The highest BCUT2D eigenvalue weighted by Gasteiger charge is 2.17. The van der Waals surface area contributed by atoms with Crippen molar-refractivity contribution in [3.05, 3.63) is 29.8 Å². The number of nitrogens with one attached hydrogen (secondary N) is 1. The van der Waals surface area contributed by atoms with E-state index in [1.807, 2.05) is 0 Å². The first kappa shape index (κ1) is 17.0. The Bertz CT molecular complexity index is 364. The minimum absolute atomic E-state index is 0.202. The zero-order valence-corrected chi connectivity index (χ0v) is 13.2. The molecular weight excluding hydrogens is 248 g/mol. The van der Waals surface area contributed by atoms with Crippen molar-refractivity contribution in [2.24, 2.45) is 0 Å². The second kappa shape index (κ2) is 9.78. The Morgan fingerprint density at radius 3 is 2.45 bits per heavy atom. The van der Waals surface area contributed by atoms with Crippen LogP contribution < -0.4 is 10.2 Å². The summed E-state index contributed by atoms with van der Waals surface area (Å²) in [6, 6.07) is 9.04. The maximum atomic E-state index is 9.39. The molecule has 3 heteroatoms. The fraction of sp³-hybridized carbons (Fsp3) is 0.647. The first-order valence-electron chi connectivity index (χ1n) is 7.94. The fourth-order valence-electron chi connectivity index (χ4n) is 2.68. The van der Waals surface area contributed by atoms with E-state index in [1.54, 1.807) is 0 Å². The molecule has 0 aliphatic heterocycles. The van der Waals surface area contributed by atoms with Crippen LogP contribution in [0, 0.1) is 0 Å². The molecule has 0 saturated heterocycles. The maximum Gasteiger partial charge on any atom is 0.0606 e. The maximum absolute atomic E-state index is 9.39. The minimum atomic E-state index is 0.202. The van der Waals surface area contributed by atoms with Gasteiger partial charge in [-0.1, -0.05) is 39.0 Å². The smallest absolute Gasteiger partial charge is 0.0606 e. The topological polar surface area (TPSA) is 35.5 Å². The van der Waals surface area contributed by atoms with Crippen LogP contribution in [0.3, 0.4) is 0 Å². The SMILES string of the molecule is CCCNCc1ccccc1N(CCO)C(CC)CC. The van der Waals surface area contributed by atoms with Crippen molar-refractivity contribution in [2.75, 3.05) is 24.6 Å². The number of nitrogens with zero attached hydrogens (tertiary/aromatic N) is 1. The summed E-state index contributed by atoms with van der Waals surface area (Å²) in [5, 5.41) is 12.9. The van der Waals surface area contributed by atoms with Gasteiger partial charge in [0.1, 0.15) is 0 Å². The molecule has 0 fully saturated rings. The van der Waals surface area contributed by atoms with Crippen LogP contribution in [0.4, 0.5) is 5.69 Å². The molecule has 1 aromatic carbocycles. The van der Waals surface area contributed by atoms with Gasteiger partial charge in [0.2, 0.25) is 0 Å². The van der Waals surface area contributed by atoms with E-state index in [0.717, 1.165) is 32.4 Å². The zero-order chi connectivity index (χ0) is 14.8. The van der Waals surface area contributed by atoms with Crippen LogP contribution in [0.15, 0.2) is 24.3 Å². The highest BCUT2D eigenvalue weighted by atomic mass is 16.3. The first-order valence-corrected chi connectivity index (χ1v) is 7.94. The molecule has 1 rings (SSSR count). The van der Waals surface area contributed by atoms with Crippen molar-refractivity contribution in [3.63, 3.8) is 0 Å². The molecule has 0 heterocycles. The van der Waals surface area contributed by atoms with E-state index < -0.39 is 0 Å². The molecule has 0 aromatic heterocycles. The summed E-state index contributed by atoms with van der Waals surface area (Å²) in [6.07, 6.45) is 3.36. The van der Waals surface area contributed by atoms with Gasteiger partial charge in [0.15, 0.2) is 0 Å². The molecule has 0 aliphatic carbocycles. The van der Waals surface area contributed by atoms with E-state index in [4.69, 9.17) is 0 Å². The highest BCUT2D eigenvalue weighted by Crippen LogP contribution is 2.24. The molecule has 0 atom stereocenters. The summed E-state index contributed by atoms with van der Waals surface area (Å²) >= 11 is 0. The van der Waals surface area contributed by atoms with Crippen molar-refractivity contribution in [3.8, 4) is 0 Å². The largest absolute Gasteiger partial charge is 0.395 e. The predicted molar refractivity (Wildman–Crippen MR) is 87.2 cm³/mol. The molecule has 1 aromatic rings. The second-order valence-electron chi connectivity index (χ2n) is 5.19. The predicted octanol–water partition coefficient (Wildman–Crippen LogP) is 3.17. The van der Waals surface area contributed by atoms with Crippen molar-refractivity contribution in [2.45, 2.75) is 52.6 Å². The number of hydrogen-bond acceptors (Lipinski definition) is 3. The van der Waals surface area contributed by atoms with E-state index >= 15 is 0 Å². The Hall–Kier alpha value is -1.06. The Kier molecular flexibility index (Phi) is 8.31. The average Bonchev–Trinajstić information content (AvgIpc) is 2.48. The molecule has 0 saturated carbocycles. The molecule has 0 aliphatic rings. The van der Waals surface area contributed by atoms with Gasteiger partial charge in [-0.3, -0.25) is 0 Å². The standard InChI is InChI=1S/C17H30N2O/c1-4-11-18-14-15-9-7-8-10-17(15)19(12-13-20)16(5-2)6-3/h7-10,16,18,20H,4-6,11-14H2,1-3H3. The summed E-state index contributed by atoms with van der Waals surface area (Å²) in [6.45, 7) is 9.46. The van der Waals surface area contributed by atoms with Gasteiger partial charge in [-0.2, -0.15) is 0 Å². The molecule has 0 radical (unpaired) electrons. The van der Waals surface area contributed by atoms with E-state index in [0.29, 0.717) is 12.6 Å². The lowest BCUT2D eigenvalue weighted by Gasteiger charge is -2.34. The number of aliphatic hydroxyl groups is 1. The summed E-state index contributed by atoms with van der Waals surface area (Å²) in [4.78, 5) is 2.36. The van der Waals surface area contributed by atoms with Crippen molar-refractivity contribution in [1.82, 2.24) is 5.32 Å². The Labute approximate surface area is 124 Å². The normalized spacial score (nSPS) is 11.1. The molecule has 0 spiro atoms. The summed E-state index contributed by atoms with van der Waals surface area (Å²) in [5.41, 5.74) is 2.58. The van der Waals surface area contributed by atoms with Crippen molar-refractivity contribution >= 4 is 5.69 Å². The van der Waals surface area contributed by atoms with E-state index in [9.17, 15) is 5.11 Å². The number of anilines is 1. The van der Waals surface area contributed by atoms with E-state index in [2.05, 4.69) is 55.3 Å². The van der Waals surface area contributed by atoms with E-state index in [1.165, 1.54) is 11.3 Å². The quantitative estimate of drug-likeness (QED) is 0.645. The average molecular weight is 278 g/mol. The lowest BCUT2D eigenvalue weighted by atomic mass is 10.1. The van der Waals surface area contributed by atoms with Crippen LogP contribution in [-0.2, 0) is 6.54 Å². The lowest BCUT2D eigenvalue weighted by Crippen LogP contribution is -2.37. The van der Waals surface area contributed by atoms with Crippen molar-refractivity contribution in [1.29, 1.82) is 0 Å². The molecule has 0 unspecified atom stereocenters. The van der Waals surface area contributed by atoms with Gasteiger partial charge >= 0.3 is 0 Å². The fourth-order valence-corrected chi connectivity index (χ4v) is 2.68. The molecule has 114 valence electrons. The Morgan fingerprint density at radius 2 is 1.85 bits per heavy atom. The summed E-state index contributed by atoms with van der Waals surface area (Å²) in [5.74, 6) is 0. The van der Waals surface area contributed by atoms with Crippen molar-refractivity contribution < 1.29 is 5.11 Å². The monoisotopic (exact) mass is 278 g/mol. The molecule has 2 N–H and O–H groups in total. The molecule has 3 nitrogen and oxygen atoms in total. The number of hydrogen-bond donors (Lipinski definition) is 2. The van der Waals surface area contributed by atoms with Gasteiger partial charge in [0.05, 0.1) is 6.61 Å². The van der Waals surface area contributed by atoms with Crippen LogP contribution in [0.25, 0.3) is 0 Å². The zero-order valence-electron chi connectivity index (χ0n) is 13.2. The highest BCUT2D eigenvalue weighted by molar-refractivity contribution is 5.54. The number of rotatable bonds is 10. The second-order valence-corrected chi connectivity index (χ2v) is 5.19. The van der Waals surface area contributed by atoms with E-state index in [-0.39, 0.29) is 6.61 Å². The van der Waals surface area contributed by atoms with Gasteiger partial charge < -0.3 is 15.3 Å². The number of benzene rings is 1. The van der Waals surface area contributed by atoms with Crippen LogP contribution in [0.2, 0.25) is 0 Å². The number of aliphatic hydroxyl groups excluding tert-OH is 1. The van der Waals surface area contributed by atoms with Gasteiger partial charge in [0, 0.05) is 24.8 Å². The third-order valence-corrected chi connectivity index (χ3v) is 3.77. The minimum Gasteiger partial charge on any atom is -0.395 e. The van der Waals surface area contributed by atoms with Crippen LogP contribution in [0.1, 0.15) is 45.6 Å². The van der Waals surface area contributed by atoms with Gasteiger partial charge in [-0.05, 0) is 37.4 Å². The third kappa shape index (κ3) is 4.80. The molecular formula is C17H30N2O. The number of para-hydroxylation sites is 1. The van der Waals surface area contributed by atoms with Crippen LogP contribution in [0.5, 0.6) is 0 Å². The molecule has 0 amide bonds. The Morgan fingerprint density at radius 1 is 1.15 bits per heavy atom. The molecule has 20 heavy (non-hydrogen) atoms. The van der Waals surface area contributed by atoms with Gasteiger partial charge in [0.25, 0.3) is 0 Å². The van der Waals surface area contributed by atoms with Gasteiger partial charge in [-0.25, -0.2) is 0 Å². The first-order chi connectivity index (χ1) is 9.78. The summed E-state index contributed by atoms with van der Waals surface area (Å²) < 4.78 is 0. The van der Waals surface area contributed by atoms with Crippen LogP contribution >= 0.6 is 0 Å². The van der Waals surface area contributed by atoms with Gasteiger partial charge in [-0.15, -0.1) is 0 Å². The molecule has 0 bridgehead atoms. The third-order valence-electron chi connectivity index (χ3n) is 3.77. The Balaban J connectivity index is 2.93. The van der Waals surface area contributed by atoms with Crippen LogP contribution in [-0.4, -0.2) is 30.8 Å².